The largest absolute Gasteiger partial charge is 0.351 e. The Hall–Kier alpha value is -2.56. The minimum absolute atomic E-state index is 0.00602. The van der Waals surface area contributed by atoms with E-state index in [-0.39, 0.29) is 21.5 Å². The number of nitrogens with one attached hydrogen (secondary N) is 2. The number of aryl methyl sites for hydroxylation is 2. The summed E-state index contributed by atoms with van der Waals surface area (Å²) in [5.41, 5.74) is 3.90. The van der Waals surface area contributed by atoms with E-state index in [9.17, 15) is 9.59 Å². The number of benzene rings is 2. The molecule has 4 nitrogen and oxygen atoms in total. The second kappa shape index (κ2) is 23.7. The summed E-state index contributed by atoms with van der Waals surface area (Å²) in [6.07, 6.45) is 28.5. The van der Waals surface area contributed by atoms with Gasteiger partial charge in [-0.15, -0.1) is 0 Å². The van der Waals surface area contributed by atoms with Crippen LogP contribution in [-0.2, 0) is 22.4 Å². The molecule has 1 aliphatic rings. The lowest BCUT2D eigenvalue weighted by molar-refractivity contribution is -0.115. The normalized spacial score (nSPS) is 13.5. The van der Waals surface area contributed by atoms with Crippen LogP contribution in [0.3, 0.4) is 0 Å². The van der Waals surface area contributed by atoms with Crippen molar-refractivity contribution < 1.29 is 9.59 Å². The van der Waals surface area contributed by atoms with E-state index in [1.165, 1.54) is 140 Å². The highest BCUT2D eigenvalue weighted by molar-refractivity contribution is 6.56. The van der Waals surface area contributed by atoms with Gasteiger partial charge in [0.2, 0.25) is 11.6 Å². The Morgan fingerprint density at radius 3 is 0.979 bits per heavy atom. The summed E-state index contributed by atoms with van der Waals surface area (Å²) in [4.78, 5) is 26.4. The van der Waals surface area contributed by atoms with Crippen LogP contribution < -0.4 is 10.6 Å². The van der Waals surface area contributed by atoms with Crippen LogP contribution in [0.15, 0.2) is 70.0 Å². The summed E-state index contributed by atoms with van der Waals surface area (Å²) in [6, 6.07) is 15.9. The monoisotopic (exact) mass is 694 g/mol. The minimum Gasteiger partial charge on any atom is -0.351 e. The van der Waals surface area contributed by atoms with Crippen LogP contribution in [0.1, 0.15) is 153 Å². The number of Topliss-reactive ketones (excluding diaryl/α,β-unsaturated/α-hetero) is 2. The Morgan fingerprint density at radius 2 is 0.688 bits per heavy atom. The fraction of sp³-hybridized carbons (Fsp3) is 0.571. The van der Waals surface area contributed by atoms with Crippen molar-refractivity contribution in [1.29, 1.82) is 0 Å². The van der Waals surface area contributed by atoms with Gasteiger partial charge in [-0.2, -0.15) is 0 Å². The summed E-state index contributed by atoms with van der Waals surface area (Å²) in [5.74, 6) is -1.01. The number of rotatable bonds is 26. The van der Waals surface area contributed by atoms with Crippen molar-refractivity contribution in [2.24, 2.45) is 0 Å². The van der Waals surface area contributed by atoms with Crippen molar-refractivity contribution in [2.45, 2.75) is 155 Å². The highest BCUT2D eigenvalue weighted by Crippen LogP contribution is 2.31. The average molecular weight is 696 g/mol. The number of carbonyl (C=O) groups is 2. The highest BCUT2D eigenvalue weighted by atomic mass is 35.5. The van der Waals surface area contributed by atoms with Crippen molar-refractivity contribution >= 4 is 46.1 Å². The molecule has 0 bridgehead atoms. The Morgan fingerprint density at radius 1 is 0.417 bits per heavy atom. The minimum atomic E-state index is -0.504. The number of anilines is 2. The van der Waals surface area contributed by atoms with E-state index in [1.54, 1.807) is 0 Å². The second-order valence-electron chi connectivity index (χ2n) is 13.5. The first kappa shape index (κ1) is 39.9. The number of carbonyl (C=O) groups excluding carboxylic acids is 2. The lowest BCUT2D eigenvalue weighted by atomic mass is 10.0. The smallest absolute Gasteiger partial charge is 0.224 e. The molecule has 0 aromatic heterocycles. The number of hydrogen-bond donors (Lipinski definition) is 2. The van der Waals surface area contributed by atoms with Gasteiger partial charge in [-0.25, -0.2) is 0 Å². The summed E-state index contributed by atoms with van der Waals surface area (Å²) in [6.45, 7) is 4.52. The molecule has 0 saturated carbocycles. The Bertz CT molecular complexity index is 1200. The lowest BCUT2D eigenvalue weighted by Crippen LogP contribution is -2.27. The molecular weight excluding hydrogens is 635 g/mol. The zero-order valence-corrected chi connectivity index (χ0v) is 31.3. The van der Waals surface area contributed by atoms with Crippen molar-refractivity contribution in [3.63, 3.8) is 0 Å². The quantitative estimate of drug-likeness (QED) is 0.0760. The standard InChI is InChI=1S/C42H60Cl2N2O2/c1-3-5-7-9-11-13-15-17-19-21-23-33-25-29-35(30-26-33)45-39-37(43)42(48)40(38(44)41(39)47)46-36-31-27-34(28-32-36)24-22-20-18-16-14-12-10-8-6-4-2/h25-32,45-46H,3-24H2,1-2H3. The number of ketones is 2. The van der Waals surface area contributed by atoms with Crippen LogP contribution in [0.2, 0.25) is 0 Å². The average Bonchev–Trinajstić information content (AvgIpc) is 3.10. The third-order valence-electron chi connectivity index (χ3n) is 9.38. The third-order valence-corrected chi connectivity index (χ3v) is 10.1. The molecular formula is C42H60Cl2N2O2. The molecule has 0 aliphatic heterocycles. The first-order chi connectivity index (χ1) is 23.4. The second-order valence-corrected chi connectivity index (χ2v) is 14.3. The maximum atomic E-state index is 13.2. The van der Waals surface area contributed by atoms with E-state index in [1.807, 2.05) is 24.3 Å². The molecule has 1 aliphatic carbocycles. The van der Waals surface area contributed by atoms with E-state index in [4.69, 9.17) is 23.2 Å². The van der Waals surface area contributed by atoms with Gasteiger partial charge in [0.05, 0.1) is 0 Å². The molecule has 2 aromatic rings. The SMILES string of the molecule is CCCCCCCCCCCCc1ccc(NC2=C(Cl)C(=O)C(Nc3ccc(CCCCCCCCCCCC)cc3)=C(Cl)C2=O)cc1. The lowest BCUT2D eigenvalue weighted by Gasteiger charge is -2.20. The van der Waals surface area contributed by atoms with E-state index < -0.39 is 11.6 Å². The summed E-state index contributed by atoms with van der Waals surface area (Å²) in [5, 5.41) is 5.76. The van der Waals surface area contributed by atoms with Crippen LogP contribution >= 0.6 is 23.2 Å². The predicted molar refractivity (Wildman–Crippen MR) is 207 cm³/mol. The fourth-order valence-electron chi connectivity index (χ4n) is 6.30. The van der Waals surface area contributed by atoms with E-state index in [0.29, 0.717) is 11.4 Å². The molecule has 0 atom stereocenters. The molecule has 0 fully saturated rings. The Labute approximate surface area is 301 Å². The van der Waals surface area contributed by atoms with Crippen molar-refractivity contribution in [3.05, 3.63) is 81.1 Å². The molecule has 0 amide bonds. The summed E-state index contributed by atoms with van der Waals surface area (Å²) in [7, 11) is 0. The first-order valence-corrected chi connectivity index (χ1v) is 19.8. The van der Waals surface area contributed by atoms with Gasteiger partial charge >= 0.3 is 0 Å². The molecule has 48 heavy (non-hydrogen) atoms. The van der Waals surface area contributed by atoms with E-state index in [0.717, 1.165) is 12.8 Å². The molecule has 0 spiro atoms. The number of hydrogen-bond acceptors (Lipinski definition) is 4. The molecule has 0 heterocycles. The van der Waals surface area contributed by atoms with Gasteiger partial charge < -0.3 is 10.6 Å². The zero-order chi connectivity index (χ0) is 34.4. The molecule has 0 saturated heterocycles. The topological polar surface area (TPSA) is 58.2 Å². The van der Waals surface area contributed by atoms with Gasteiger partial charge in [-0.3, -0.25) is 9.59 Å². The van der Waals surface area contributed by atoms with Gasteiger partial charge in [-0.1, -0.05) is 177 Å². The van der Waals surface area contributed by atoms with Crippen molar-refractivity contribution in [1.82, 2.24) is 0 Å². The van der Waals surface area contributed by atoms with Crippen molar-refractivity contribution in [2.75, 3.05) is 10.6 Å². The zero-order valence-electron chi connectivity index (χ0n) is 29.7. The highest BCUT2D eigenvalue weighted by Gasteiger charge is 2.33. The summed E-state index contributed by atoms with van der Waals surface area (Å²) < 4.78 is 0. The molecule has 2 aromatic carbocycles. The van der Waals surface area contributed by atoms with Gasteiger partial charge in [0, 0.05) is 11.4 Å². The fourth-order valence-corrected chi connectivity index (χ4v) is 6.76. The van der Waals surface area contributed by atoms with Crippen LogP contribution in [0, 0.1) is 0 Å². The van der Waals surface area contributed by atoms with Gasteiger partial charge in [0.15, 0.2) is 0 Å². The molecule has 0 radical (unpaired) electrons. The first-order valence-electron chi connectivity index (χ1n) is 19.1. The maximum Gasteiger partial charge on any atom is 0.224 e. The van der Waals surface area contributed by atoms with Crippen molar-refractivity contribution in [3.8, 4) is 0 Å². The van der Waals surface area contributed by atoms with E-state index in [2.05, 4.69) is 48.7 Å². The predicted octanol–water partition coefficient (Wildman–Crippen LogP) is 13.2. The third kappa shape index (κ3) is 14.5. The summed E-state index contributed by atoms with van der Waals surface area (Å²) >= 11 is 12.9. The number of halogens is 2. The molecule has 2 N–H and O–H groups in total. The molecule has 3 rings (SSSR count). The van der Waals surface area contributed by atoms with Crippen LogP contribution in [0.4, 0.5) is 11.4 Å². The van der Waals surface area contributed by atoms with Crippen LogP contribution in [-0.4, -0.2) is 11.6 Å². The number of unbranched alkanes of at least 4 members (excludes halogenated alkanes) is 18. The molecule has 264 valence electrons. The van der Waals surface area contributed by atoms with Crippen LogP contribution in [0.25, 0.3) is 0 Å². The Balaban J connectivity index is 1.39. The van der Waals surface area contributed by atoms with Gasteiger partial charge in [0.1, 0.15) is 21.5 Å². The molecule has 0 unspecified atom stereocenters. The van der Waals surface area contributed by atoms with Crippen LogP contribution in [0.5, 0.6) is 0 Å². The maximum absolute atomic E-state index is 13.2. The molecule has 6 heteroatoms. The Kier molecular flexibility index (Phi) is 19.7. The van der Waals surface area contributed by atoms with Gasteiger partial charge in [-0.05, 0) is 61.1 Å². The van der Waals surface area contributed by atoms with E-state index >= 15 is 0 Å². The van der Waals surface area contributed by atoms with Gasteiger partial charge in [0.25, 0.3) is 0 Å². The number of allylic oxidation sites excluding steroid dienone is 2.